The highest BCUT2D eigenvalue weighted by Gasteiger charge is 2.22. The molecule has 1 heterocycles. The van der Waals surface area contributed by atoms with Crippen LogP contribution in [0.2, 0.25) is 0 Å². The van der Waals surface area contributed by atoms with Gasteiger partial charge in [-0.15, -0.1) is 0 Å². The zero-order chi connectivity index (χ0) is 10.8. The highest BCUT2D eigenvalue weighted by Crippen LogP contribution is 2.33. The van der Waals surface area contributed by atoms with Crippen molar-refractivity contribution in [3.63, 3.8) is 0 Å². The van der Waals surface area contributed by atoms with Crippen molar-refractivity contribution in [1.29, 1.82) is 0 Å². The molecular formula is C10H13N3O2. The molecule has 1 aromatic rings. The van der Waals surface area contributed by atoms with Crippen LogP contribution >= 0.6 is 0 Å². The van der Waals surface area contributed by atoms with E-state index in [-0.39, 0.29) is 6.03 Å². The van der Waals surface area contributed by atoms with Crippen molar-refractivity contribution >= 4 is 17.4 Å². The van der Waals surface area contributed by atoms with Crippen molar-refractivity contribution in [2.75, 3.05) is 30.8 Å². The Morgan fingerprint density at radius 3 is 3.13 bits per heavy atom. The standard InChI is InChI=1S/C10H13N3O2/c1-12-10(14)13-4-5-15-9-6-7(11)2-3-8(9)13/h2-3,6H,4-5,11H2,1H3,(H,12,14). The number of nitrogens with one attached hydrogen (secondary N) is 1. The van der Waals surface area contributed by atoms with Crippen molar-refractivity contribution in [3.8, 4) is 5.75 Å². The van der Waals surface area contributed by atoms with Gasteiger partial charge in [0.05, 0.1) is 12.2 Å². The van der Waals surface area contributed by atoms with Crippen molar-refractivity contribution in [2.24, 2.45) is 0 Å². The van der Waals surface area contributed by atoms with Gasteiger partial charge in [-0.1, -0.05) is 0 Å². The molecule has 80 valence electrons. The summed E-state index contributed by atoms with van der Waals surface area (Å²) in [7, 11) is 1.61. The molecule has 2 amide bonds. The van der Waals surface area contributed by atoms with Crippen LogP contribution in [0.5, 0.6) is 5.75 Å². The maximum atomic E-state index is 11.5. The van der Waals surface area contributed by atoms with E-state index < -0.39 is 0 Å². The third-order valence-electron chi connectivity index (χ3n) is 2.31. The summed E-state index contributed by atoms with van der Waals surface area (Å²) in [4.78, 5) is 13.2. The Morgan fingerprint density at radius 1 is 1.60 bits per heavy atom. The average Bonchev–Trinajstić information content (AvgIpc) is 2.26. The maximum absolute atomic E-state index is 11.5. The van der Waals surface area contributed by atoms with Gasteiger partial charge in [0.15, 0.2) is 0 Å². The van der Waals surface area contributed by atoms with Gasteiger partial charge in [-0.2, -0.15) is 0 Å². The van der Waals surface area contributed by atoms with Crippen LogP contribution in [0.3, 0.4) is 0 Å². The molecule has 0 unspecified atom stereocenters. The monoisotopic (exact) mass is 207 g/mol. The predicted molar refractivity (Wildman–Crippen MR) is 58.2 cm³/mol. The molecule has 0 bridgehead atoms. The molecule has 5 heteroatoms. The van der Waals surface area contributed by atoms with E-state index in [1.165, 1.54) is 0 Å². The van der Waals surface area contributed by atoms with E-state index in [0.717, 1.165) is 5.69 Å². The second-order valence-corrected chi connectivity index (χ2v) is 3.28. The summed E-state index contributed by atoms with van der Waals surface area (Å²) in [5, 5.41) is 2.59. The lowest BCUT2D eigenvalue weighted by molar-refractivity contribution is 0.242. The number of nitrogens with two attached hydrogens (primary N) is 1. The summed E-state index contributed by atoms with van der Waals surface area (Å²) in [6, 6.07) is 5.14. The minimum atomic E-state index is -0.135. The van der Waals surface area contributed by atoms with E-state index in [4.69, 9.17) is 10.5 Å². The number of nitrogens with zero attached hydrogens (tertiary/aromatic N) is 1. The first-order chi connectivity index (χ1) is 7.22. The molecule has 0 saturated carbocycles. The zero-order valence-corrected chi connectivity index (χ0v) is 8.49. The van der Waals surface area contributed by atoms with Crippen LogP contribution in [0, 0.1) is 0 Å². The lowest BCUT2D eigenvalue weighted by atomic mass is 10.2. The van der Waals surface area contributed by atoms with Crippen LogP contribution < -0.4 is 20.7 Å². The van der Waals surface area contributed by atoms with E-state index >= 15 is 0 Å². The number of amides is 2. The Bertz CT molecular complexity index is 392. The molecule has 1 aliphatic rings. The number of carbonyl (C=O) groups excluding carboxylic acids is 1. The first kappa shape index (κ1) is 9.64. The Hall–Kier alpha value is -1.91. The second-order valence-electron chi connectivity index (χ2n) is 3.28. The second kappa shape index (κ2) is 3.68. The van der Waals surface area contributed by atoms with Gasteiger partial charge in [-0.3, -0.25) is 4.90 Å². The Kier molecular flexibility index (Phi) is 2.37. The largest absolute Gasteiger partial charge is 0.489 e. The molecule has 0 spiro atoms. The zero-order valence-electron chi connectivity index (χ0n) is 8.49. The number of benzene rings is 1. The summed E-state index contributed by atoms with van der Waals surface area (Å²) in [6.07, 6.45) is 0. The van der Waals surface area contributed by atoms with Gasteiger partial charge in [0.1, 0.15) is 12.4 Å². The quantitative estimate of drug-likeness (QED) is 0.618. The normalized spacial score (nSPS) is 14.1. The summed E-state index contributed by atoms with van der Waals surface area (Å²) in [6.45, 7) is 1.04. The van der Waals surface area contributed by atoms with Crippen LogP contribution in [-0.4, -0.2) is 26.2 Å². The minimum absolute atomic E-state index is 0.135. The topological polar surface area (TPSA) is 67.6 Å². The van der Waals surface area contributed by atoms with Gasteiger partial charge < -0.3 is 15.8 Å². The van der Waals surface area contributed by atoms with E-state index in [2.05, 4.69) is 5.32 Å². The van der Waals surface area contributed by atoms with E-state index in [1.54, 1.807) is 30.1 Å². The molecule has 0 aromatic heterocycles. The smallest absolute Gasteiger partial charge is 0.321 e. The third kappa shape index (κ3) is 1.68. The summed E-state index contributed by atoms with van der Waals surface area (Å²) in [5.74, 6) is 0.657. The Labute approximate surface area is 87.8 Å². The van der Waals surface area contributed by atoms with Crippen LogP contribution in [0.1, 0.15) is 0 Å². The number of rotatable bonds is 0. The Balaban J connectivity index is 2.38. The molecule has 0 fully saturated rings. The van der Waals surface area contributed by atoms with Gasteiger partial charge in [0.2, 0.25) is 0 Å². The number of carbonyl (C=O) groups is 1. The summed E-state index contributed by atoms with van der Waals surface area (Å²) >= 11 is 0. The fourth-order valence-electron chi connectivity index (χ4n) is 1.58. The maximum Gasteiger partial charge on any atom is 0.321 e. The molecule has 1 aliphatic heterocycles. The van der Waals surface area contributed by atoms with Crippen molar-refractivity contribution < 1.29 is 9.53 Å². The number of nitrogen functional groups attached to an aromatic ring is 1. The fraction of sp³-hybridized carbons (Fsp3) is 0.300. The lowest BCUT2D eigenvalue weighted by Gasteiger charge is -2.29. The van der Waals surface area contributed by atoms with Gasteiger partial charge in [0, 0.05) is 18.8 Å². The average molecular weight is 207 g/mol. The van der Waals surface area contributed by atoms with Gasteiger partial charge in [-0.05, 0) is 12.1 Å². The molecule has 2 rings (SSSR count). The van der Waals surface area contributed by atoms with E-state index in [9.17, 15) is 4.79 Å². The first-order valence-electron chi connectivity index (χ1n) is 4.74. The molecular weight excluding hydrogens is 194 g/mol. The fourth-order valence-corrected chi connectivity index (χ4v) is 1.58. The van der Waals surface area contributed by atoms with E-state index in [1.807, 2.05) is 0 Å². The first-order valence-corrected chi connectivity index (χ1v) is 4.74. The molecule has 0 atom stereocenters. The molecule has 0 radical (unpaired) electrons. The summed E-state index contributed by atoms with van der Waals surface area (Å²) in [5.41, 5.74) is 7.03. The Morgan fingerprint density at radius 2 is 2.40 bits per heavy atom. The van der Waals surface area contributed by atoms with Crippen molar-refractivity contribution in [2.45, 2.75) is 0 Å². The number of anilines is 2. The number of hydrogen-bond acceptors (Lipinski definition) is 3. The molecule has 3 N–H and O–H groups in total. The van der Waals surface area contributed by atoms with Crippen LogP contribution in [-0.2, 0) is 0 Å². The minimum Gasteiger partial charge on any atom is -0.489 e. The van der Waals surface area contributed by atoms with Gasteiger partial charge >= 0.3 is 6.03 Å². The highest BCUT2D eigenvalue weighted by atomic mass is 16.5. The number of urea groups is 1. The van der Waals surface area contributed by atoms with Crippen molar-refractivity contribution in [3.05, 3.63) is 18.2 Å². The number of ether oxygens (including phenoxy) is 1. The van der Waals surface area contributed by atoms with E-state index in [0.29, 0.717) is 24.6 Å². The SMILES string of the molecule is CNC(=O)N1CCOc2cc(N)ccc21. The third-order valence-corrected chi connectivity index (χ3v) is 2.31. The predicted octanol–water partition coefficient (Wildman–Crippen LogP) is 0.807. The summed E-state index contributed by atoms with van der Waals surface area (Å²) < 4.78 is 5.43. The highest BCUT2D eigenvalue weighted by molar-refractivity contribution is 5.94. The number of fused-ring (bicyclic) bond motifs is 1. The van der Waals surface area contributed by atoms with Gasteiger partial charge in [0.25, 0.3) is 0 Å². The molecule has 0 saturated heterocycles. The van der Waals surface area contributed by atoms with Crippen LogP contribution in [0.4, 0.5) is 16.2 Å². The lowest BCUT2D eigenvalue weighted by Crippen LogP contribution is -2.42. The molecule has 0 aliphatic carbocycles. The van der Waals surface area contributed by atoms with Crippen molar-refractivity contribution in [1.82, 2.24) is 5.32 Å². The van der Waals surface area contributed by atoms with Gasteiger partial charge in [-0.25, -0.2) is 4.79 Å². The molecule has 1 aromatic carbocycles. The van der Waals surface area contributed by atoms with Crippen LogP contribution in [0.15, 0.2) is 18.2 Å². The number of hydrogen-bond donors (Lipinski definition) is 2. The molecule has 5 nitrogen and oxygen atoms in total. The van der Waals surface area contributed by atoms with Crippen LogP contribution in [0.25, 0.3) is 0 Å². The molecule has 15 heavy (non-hydrogen) atoms.